The van der Waals surface area contributed by atoms with Crippen LogP contribution < -0.4 is 5.32 Å². The summed E-state index contributed by atoms with van der Waals surface area (Å²) in [6.07, 6.45) is 0. The van der Waals surface area contributed by atoms with Gasteiger partial charge in [-0.1, -0.05) is 23.2 Å². The van der Waals surface area contributed by atoms with E-state index in [9.17, 15) is 9.59 Å². The average Bonchev–Trinajstić information content (AvgIpc) is 2.72. The Morgan fingerprint density at radius 1 is 1.25 bits per heavy atom. The molecule has 0 aliphatic rings. The van der Waals surface area contributed by atoms with E-state index in [0.29, 0.717) is 38.2 Å². The quantitative estimate of drug-likeness (QED) is 0.814. The number of amides is 1. The summed E-state index contributed by atoms with van der Waals surface area (Å²) < 4.78 is 6.72. The topological polar surface area (TPSA) is 60.3 Å². The molecule has 128 valence electrons. The number of nitrogens with zero attached hydrogens (tertiary/aromatic N) is 1. The number of esters is 1. The fourth-order valence-electron chi connectivity index (χ4n) is 2.58. The van der Waals surface area contributed by atoms with Crippen LogP contribution in [0.1, 0.15) is 39.0 Å². The zero-order chi connectivity index (χ0) is 18.0. The van der Waals surface area contributed by atoms with E-state index in [2.05, 4.69) is 5.32 Å². The van der Waals surface area contributed by atoms with Crippen molar-refractivity contribution in [2.24, 2.45) is 7.05 Å². The molecule has 0 aliphatic heterocycles. The monoisotopic (exact) mass is 368 g/mol. The summed E-state index contributed by atoms with van der Waals surface area (Å²) in [5.41, 5.74) is 2.47. The van der Waals surface area contributed by atoms with Crippen molar-refractivity contribution >= 4 is 40.8 Å². The molecule has 0 atom stereocenters. The normalized spacial score (nSPS) is 10.6. The largest absolute Gasteiger partial charge is 0.461 e. The van der Waals surface area contributed by atoms with Crippen molar-refractivity contribution in [3.63, 3.8) is 0 Å². The Labute approximate surface area is 150 Å². The SMILES string of the molecule is CCOC(=O)c1c(C)c(C(=O)Nc2ccc(Cl)cc2Cl)c(C)n1C. The molecule has 0 radical (unpaired) electrons. The maximum absolute atomic E-state index is 12.7. The summed E-state index contributed by atoms with van der Waals surface area (Å²) in [6, 6.07) is 4.81. The highest BCUT2D eigenvalue weighted by atomic mass is 35.5. The van der Waals surface area contributed by atoms with Crippen LogP contribution in [0.4, 0.5) is 5.69 Å². The van der Waals surface area contributed by atoms with Gasteiger partial charge in [-0.3, -0.25) is 4.79 Å². The Morgan fingerprint density at radius 2 is 1.92 bits per heavy atom. The van der Waals surface area contributed by atoms with Gasteiger partial charge in [0.25, 0.3) is 5.91 Å². The van der Waals surface area contributed by atoms with Crippen LogP contribution in [0, 0.1) is 13.8 Å². The van der Waals surface area contributed by atoms with Crippen molar-refractivity contribution in [1.29, 1.82) is 0 Å². The van der Waals surface area contributed by atoms with E-state index in [-0.39, 0.29) is 12.5 Å². The number of rotatable bonds is 4. The third-order valence-electron chi connectivity index (χ3n) is 3.81. The van der Waals surface area contributed by atoms with Gasteiger partial charge < -0.3 is 14.6 Å². The fraction of sp³-hybridized carbons (Fsp3) is 0.294. The number of anilines is 1. The molecule has 0 fully saturated rings. The van der Waals surface area contributed by atoms with Crippen molar-refractivity contribution in [2.45, 2.75) is 20.8 Å². The number of nitrogens with one attached hydrogen (secondary N) is 1. The number of aromatic nitrogens is 1. The first-order valence-electron chi connectivity index (χ1n) is 7.37. The molecule has 1 aromatic heterocycles. The Kier molecular flexibility index (Phi) is 5.57. The fourth-order valence-corrected chi connectivity index (χ4v) is 3.03. The summed E-state index contributed by atoms with van der Waals surface area (Å²) in [5.74, 6) is -0.801. The van der Waals surface area contributed by atoms with E-state index >= 15 is 0 Å². The third kappa shape index (κ3) is 3.42. The van der Waals surface area contributed by atoms with E-state index in [4.69, 9.17) is 27.9 Å². The third-order valence-corrected chi connectivity index (χ3v) is 4.35. The van der Waals surface area contributed by atoms with Crippen molar-refractivity contribution in [2.75, 3.05) is 11.9 Å². The zero-order valence-corrected chi connectivity index (χ0v) is 15.4. The summed E-state index contributed by atoms with van der Waals surface area (Å²) in [4.78, 5) is 24.8. The van der Waals surface area contributed by atoms with Crippen LogP contribution in [0.2, 0.25) is 10.0 Å². The molecule has 0 saturated carbocycles. The van der Waals surface area contributed by atoms with E-state index in [1.54, 1.807) is 50.6 Å². The molecular weight excluding hydrogens is 351 g/mol. The first kappa shape index (κ1) is 18.4. The van der Waals surface area contributed by atoms with Gasteiger partial charge in [-0.05, 0) is 44.5 Å². The van der Waals surface area contributed by atoms with Crippen molar-refractivity contribution in [1.82, 2.24) is 4.57 Å². The van der Waals surface area contributed by atoms with Gasteiger partial charge in [0.1, 0.15) is 5.69 Å². The van der Waals surface area contributed by atoms with Gasteiger partial charge in [-0.2, -0.15) is 0 Å². The first-order valence-corrected chi connectivity index (χ1v) is 8.12. The van der Waals surface area contributed by atoms with Crippen LogP contribution in [0.15, 0.2) is 18.2 Å². The Hall–Kier alpha value is -1.98. The molecule has 0 aliphatic carbocycles. The molecule has 0 spiro atoms. The number of hydrogen-bond donors (Lipinski definition) is 1. The second-order valence-corrected chi connectivity index (χ2v) is 6.14. The second-order valence-electron chi connectivity index (χ2n) is 5.29. The number of carbonyl (C=O) groups is 2. The van der Waals surface area contributed by atoms with Gasteiger partial charge in [-0.15, -0.1) is 0 Å². The van der Waals surface area contributed by atoms with Crippen LogP contribution in [0.25, 0.3) is 0 Å². The number of ether oxygens (including phenoxy) is 1. The van der Waals surface area contributed by atoms with E-state index in [0.717, 1.165) is 0 Å². The lowest BCUT2D eigenvalue weighted by Crippen LogP contribution is -2.14. The highest BCUT2D eigenvalue weighted by Gasteiger charge is 2.25. The molecule has 2 rings (SSSR count). The van der Waals surface area contributed by atoms with Gasteiger partial charge in [-0.25, -0.2) is 4.79 Å². The van der Waals surface area contributed by atoms with Crippen molar-refractivity contribution in [3.8, 4) is 0 Å². The summed E-state index contributed by atoms with van der Waals surface area (Å²) in [6.45, 7) is 5.50. The Morgan fingerprint density at radius 3 is 2.50 bits per heavy atom. The molecule has 1 aromatic carbocycles. The van der Waals surface area contributed by atoms with Crippen LogP contribution in [0.5, 0.6) is 0 Å². The number of hydrogen-bond acceptors (Lipinski definition) is 3. The van der Waals surface area contributed by atoms with Crippen LogP contribution in [-0.2, 0) is 11.8 Å². The number of carbonyl (C=O) groups excluding carboxylic acids is 2. The van der Waals surface area contributed by atoms with Gasteiger partial charge in [0, 0.05) is 17.8 Å². The predicted octanol–water partition coefficient (Wildman–Crippen LogP) is 4.38. The van der Waals surface area contributed by atoms with Gasteiger partial charge in [0.2, 0.25) is 0 Å². The average molecular weight is 369 g/mol. The van der Waals surface area contributed by atoms with Crippen LogP contribution in [0.3, 0.4) is 0 Å². The first-order chi connectivity index (χ1) is 11.3. The highest BCUT2D eigenvalue weighted by Crippen LogP contribution is 2.28. The van der Waals surface area contributed by atoms with Gasteiger partial charge in [0.15, 0.2) is 0 Å². The van der Waals surface area contributed by atoms with Gasteiger partial charge in [0.05, 0.1) is 22.9 Å². The number of halogens is 2. The maximum Gasteiger partial charge on any atom is 0.355 e. The molecule has 0 bridgehead atoms. The Bertz CT molecular complexity index is 813. The molecule has 5 nitrogen and oxygen atoms in total. The molecule has 1 N–H and O–H groups in total. The zero-order valence-electron chi connectivity index (χ0n) is 13.9. The molecule has 2 aromatic rings. The van der Waals surface area contributed by atoms with E-state index in [1.165, 1.54) is 0 Å². The molecule has 0 unspecified atom stereocenters. The molecule has 7 heteroatoms. The van der Waals surface area contributed by atoms with Crippen molar-refractivity contribution < 1.29 is 14.3 Å². The van der Waals surface area contributed by atoms with E-state index < -0.39 is 5.97 Å². The summed E-state index contributed by atoms with van der Waals surface area (Å²) in [7, 11) is 1.72. The minimum atomic E-state index is -0.454. The minimum absolute atomic E-state index is 0.268. The molecular formula is C17H18Cl2N2O3. The standard InChI is InChI=1S/C17H18Cl2N2O3/c1-5-24-17(23)15-9(2)14(10(3)21(15)4)16(22)20-13-7-6-11(18)8-12(13)19/h6-8H,5H2,1-4H3,(H,20,22). The smallest absolute Gasteiger partial charge is 0.355 e. The molecule has 0 saturated heterocycles. The molecule has 1 heterocycles. The Balaban J connectivity index is 2.39. The van der Waals surface area contributed by atoms with Crippen molar-refractivity contribution in [3.05, 3.63) is 50.8 Å². The molecule has 1 amide bonds. The highest BCUT2D eigenvalue weighted by molar-refractivity contribution is 6.36. The van der Waals surface area contributed by atoms with Crippen LogP contribution in [-0.4, -0.2) is 23.1 Å². The summed E-state index contributed by atoms with van der Waals surface area (Å²) >= 11 is 11.9. The lowest BCUT2D eigenvalue weighted by molar-refractivity contribution is 0.0514. The summed E-state index contributed by atoms with van der Waals surface area (Å²) in [5, 5.41) is 3.57. The number of benzene rings is 1. The minimum Gasteiger partial charge on any atom is -0.461 e. The lowest BCUT2D eigenvalue weighted by Gasteiger charge is -2.08. The predicted molar refractivity (Wildman–Crippen MR) is 95.3 cm³/mol. The maximum atomic E-state index is 12.7. The van der Waals surface area contributed by atoms with Gasteiger partial charge >= 0.3 is 5.97 Å². The molecule has 24 heavy (non-hydrogen) atoms. The second kappa shape index (κ2) is 7.28. The van der Waals surface area contributed by atoms with E-state index in [1.807, 2.05) is 0 Å². The lowest BCUT2D eigenvalue weighted by atomic mass is 10.1. The van der Waals surface area contributed by atoms with Crippen LogP contribution >= 0.6 is 23.2 Å².